The lowest BCUT2D eigenvalue weighted by Gasteiger charge is -2.39. The molecule has 31 heavy (non-hydrogen) atoms. The molecule has 7 atom stereocenters. The van der Waals surface area contributed by atoms with Crippen molar-refractivity contribution in [1.29, 1.82) is 0 Å². The van der Waals surface area contributed by atoms with Gasteiger partial charge in [-0.1, -0.05) is 0 Å². The first-order valence-electron chi connectivity index (χ1n) is 10.2. The summed E-state index contributed by atoms with van der Waals surface area (Å²) in [6, 6.07) is 9.12. The molecule has 6 rings (SSSR count). The van der Waals surface area contributed by atoms with E-state index in [1.165, 1.54) is 0 Å². The van der Waals surface area contributed by atoms with E-state index in [0.717, 1.165) is 16.9 Å². The summed E-state index contributed by atoms with van der Waals surface area (Å²) in [5.41, 5.74) is 1.91. The molecule has 4 aliphatic heterocycles. The monoisotopic (exact) mass is 430 g/mol. The van der Waals surface area contributed by atoms with Gasteiger partial charge < -0.3 is 43.7 Å². The van der Waals surface area contributed by atoms with Crippen LogP contribution in [0.2, 0.25) is 0 Å². The Morgan fingerprint density at radius 1 is 0.839 bits per heavy atom. The van der Waals surface area contributed by atoms with Gasteiger partial charge in [0.25, 0.3) is 0 Å². The van der Waals surface area contributed by atoms with Crippen LogP contribution >= 0.6 is 0 Å². The Kier molecular flexibility index (Phi) is 4.23. The molecule has 4 aliphatic rings. The van der Waals surface area contributed by atoms with Crippen LogP contribution < -0.4 is 23.7 Å². The zero-order valence-electron chi connectivity index (χ0n) is 16.6. The van der Waals surface area contributed by atoms with E-state index in [4.69, 9.17) is 28.4 Å². The molecule has 0 radical (unpaired) electrons. The number of ether oxygens (including phenoxy) is 6. The fraction of sp³-hybridized carbons (Fsp3) is 0.455. The maximum absolute atomic E-state index is 10.2. The van der Waals surface area contributed by atoms with Gasteiger partial charge in [-0.2, -0.15) is 0 Å². The van der Waals surface area contributed by atoms with Crippen LogP contribution in [0.25, 0.3) is 0 Å². The van der Waals surface area contributed by atoms with Crippen molar-refractivity contribution in [3.63, 3.8) is 0 Å². The Morgan fingerprint density at radius 3 is 2.48 bits per heavy atom. The lowest BCUT2D eigenvalue weighted by atomic mass is 9.89. The highest BCUT2D eigenvalue weighted by atomic mass is 16.7. The summed E-state index contributed by atoms with van der Waals surface area (Å²) in [5, 5.41) is 30.0. The van der Waals surface area contributed by atoms with Crippen LogP contribution in [0.3, 0.4) is 0 Å². The second-order valence-electron chi connectivity index (χ2n) is 8.20. The largest absolute Gasteiger partial charge is 0.492 e. The van der Waals surface area contributed by atoms with Crippen molar-refractivity contribution in [2.75, 3.05) is 13.4 Å². The molecule has 0 bridgehead atoms. The minimum atomic E-state index is -1.38. The average molecular weight is 430 g/mol. The molecule has 164 valence electrons. The fourth-order valence-electron chi connectivity index (χ4n) is 4.54. The molecule has 9 nitrogen and oxygen atoms in total. The second kappa shape index (κ2) is 6.89. The number of hydrogen-bond donors (Lipinski definition) is 3. The molecule has 4 heterocycles. The third kappa shape index (κ3) is 2.92. The highest BCUT2D eigenvalue weighted by Crippen LogP contribution is 2.54. The first-order valence-corrected chi connectivity index (χ1v) is 10.2. The van der Waals surface area contributed by atoms with E-state index >= 15 is 0 Å². The van der Waals surface area contributed by atoms with Gasteiger partial charge in [-0.3, -0.25) is 0 Å². The van der Waals surface area contributed by atoms with E-state index in [-0.39, 0.29) is 18.8 Å². The predicted molar refractivity (Wildman–Crippen MR) is 104 cm³/mol. The second-order valence-corrected chi connectivity index (χ2v) is 8.20. The molecule has 3 N–H and O–H groups in total. The third-order valence-corrected chi connectivity index (χ3v) is 6.29. The Bertz CT molecular complexity index is 1020. The number of hydrogen-bond acceptors (Lipinski definition) is 9. The highest BCUT2D eigenvalue weighted by molar-refractivity contribution is 5.57. The molecule has 0 amide bonds. The van der Waals surface area contributed by atoms with Gasteiger partial charge in [0.2, 0.25) is 13.1 Å². The van der Waals surface area contributed by atoms with Gasteiger partial charge in [-0.05, 0) is 25.1 Å². The van der Waals surface area contributed by atoms with Gasteiger partial charge >= 0.3 is 0 Å². The number of aliphatic hydroxyl groups excluding tert-OH is 3. The first kappa shape index (κ1) is 19.0. The van der Waals surface area contributed by atoms with Crippen molar-refractivity contribution in [2.45, 2.75) is 49.7 Å². The van der Waals surface area contributed by atoms with Gasteiger partial charge in [-0.25, -0.2) is 0 Å². The van der Waals surface area contributed by atoms with E-state index in [1.807, 2.05) is 18.2 Å². The summed E-state index contributed by atoms with van der Waals surface area (Å²) in [7, 11) is 0. The molecular formula is C22H22O9. The summed E-state index contributed by atoms with van der Waals surface area (Å²) in [6.45, 7) is 2.24. The minimum Gasteiger partial charge on any atom is -0.492 e. The topological polar surface area (TPSA) is 116 Å². The average Bonchev–Trinajstić information content (AvgIpc) is 3.37. The van der Waals surface area contributed by atoms with Crippen LogP contribution in [0, 0.1) is 0 Å². The van der Waals surface area contributed by atoms with Crippen LogP contribution in [0.4, 0.5) is 0 Å². The van der Waals surface area contributed by atoms with Gasteiger partial charge in [0.05, 0.1) is 18.6 Å². The molecule has 0 unspecified atom stereocenters. The number of fused-ring (bicyclic) bond motifs is 6. The Balaban J connectivity index is 1.24. The van der Waals surface area contributed by atoms with E-state index in [9.17, 15) is 15.3 Å². The van der Waals surface area contributed by atoms with Gasteiger partial charge in [0.1, 0.15) is 41.7 Å². The van der Waals surface area contributed by atoms with Crippen molar-refractivity contribution in [3.8, 4) is 28.7 Å². The zero-order valence-corrected chi connectivity index (χ0v) is 16.6. The van der Waals surface area contributed by atoms with E-state index in [2.05, 4.69) is 0 Å². The van der Waals surface area contributed by atoms with Crippen molar-refractivity contribution in [3.05, 3.63) is 41.5 Å². The molecule has 0 spiro atoms. The molecule has 0 aliphatic carbocycles. The number of aliphatic hydroxyl groups is 3. The Hall–Kier alpha value is -2.72. The molecule has 0 aromatic heterocycles. The summed E-state index contributed by atoms with van der Waals surface area (Å²) < 4.78 is 34.4. The van der Waals surface area contributed by atoms with Crippen LogP contribution in [0.1, 0.15) is 30.1 Å². The molecule has 0 saturated carbocycles. The van der Waals surface area contributed by atoms with Gasteiger partial charge in [-0.15, -0.1) is 0 Å². The van der Waals surface area contributed by atoms with Crippen LogP contribution in [0.15, 0.2) is 30.3 Å². The molecule has 2 aromatic rings. The standard InChI is InChI=1S/C22H22O9/c1-9-18(23)19(24)20(25)22(29-9)30-10-2-3-11-14(4-10)26-7-13-12-5-16-17(28-8-27-16)6-15(12)31-21(11)13/h2-6,9,13,18-25H,7-8H2,1H3/t9-,13+,18-,19+,20-,21-,22-/m0/s1. The number of benzene rings is 2. The van der Waals surface area contributed by atoms with Crippen molar-refractivity contribution in [2.24, 2.45) is 0 Å². The molecule has 2 aromatic carbocycles. The maximum Gasteiger partial charge on any atom is 0.231 e. The maximum atomic E-state index is 10.2. The zero-order chi connectivity index (χ0) is 21.3. The van der Waals surface area contributed by atoms with Crippen molar-refractivity contribution < 1.29 is 43.7 Å². The minimum absolute atomic E-state index is 0.0322. The quantitative estimate of drug-likeness (QED) is 0.647. The molecular weight excluding hydrogens is 408 g/mol. The van der Waals surface area contributed by atoms with E-state index < -0.39 is 30.7 Å². The lowest BCUT2D eigenvalue weighted by Crippen LogP contribution is -2.58. The summed E-state index contributed by atoms with van der Waals surface area (Å²) in [4.78, 5) is 0. The van der Waals surface area contributed by atoms with Crippen LogP contribution in [-0.4, -0.2) is 59.4 Å². The Morgan fingerprint density at radius 2 is 1.65 bits per heavy atom. The normalized spacial score (nSPS) is 34.8. The summed E-state index contributed by atoms with van der Waals surface area (Å²) in [6.07, 6.45) is -5.93. The number of rotatable bonds is 2. The fourth-order valence-corrected chi connectivity index (χ4v) is 4.54. The SMILES string of the molecule is C[C@@H]1O[C@@H](Oc2ccc3c(c2)OC[C@@H]2c4cc5c(cc4O[C@@H]32)OCO5)[C@@H](O)[C@H](O)[C@H]1O. The van der Waals surface area contributed by atoms with Crippen molar-refractivity contribution >= 4 is 0 Å². The summed E-state index contributed by atoms with van der Waals surface area (Å²) in [5.74, 6) is 3.21. The predicted octanol–water partition coefficient (Wildman–Crippen LogP) is 1.23. The van der Waals surface area contributed by atoms with Crippen molar-refractivity contribution in [1.82, 2.24) is 0 Å². The molecule has 1 saturated heterocycles. The third-order valence-electron chi connectivity index (χ3n) is 6.29. The van der Waals surface area contributed by atoms with Gasteiger partial charge in [0.15, 0.2) is 11.5 Å². The highest BCUT2D eigenvalue weighted by Gasteiger charge is 2.44. The molecule has 1 fully saturated rings. The summed E-state index contributed by atoms with van der Waals surface area (Å²) >= 11 is 0. The smallest absolute Gasteiger partial charge is 0.231 e. The molecule has 9 heteroatoms. The van der Waals surface area contributed by atoms with E-state index in [0.29, 0.717) is 29.6 Å². The van der Waals surface area contributed by atoms with Crippen LogP contribution in [-0.2, 0) is 4.74 Å². The first-order chi connectivity index (χ1) is 15.0. The van der Waals surface area contributed by atoms with Gasteiger partial charge in [0, 0.05) is 23.3 Å². The van der Waals surface area contributed by atoms with Crippen LogP contribution in [0.5, 0.6) is 28.7 Å². The lowest BCUT2D eigenvalue weighted by molar-refractivity contribution is -0.268. The van der Waals surface area contributed by atoms with E-state index in [1.54, 1.807) is 19.1 Å². The Labute approximate surface area is 177 Å².